The molecule has 24 heavy (non-hydrogen) atoms. The molecule has 0 spiro atoms. The van der Waals surface area contributed by atoms with Gasteiger partial charge in [0.05, 0.1) is 0 Å². The van der Waals surface area contributed by atoms with E-state index in [1.165, 1.54) is 0 Å². The van der Waals surface area contributed by atoms with Crippen molar-refractivity contribution in [1.82, 2.24) is 10.4 Å². The first-order valence-corrected chi connectivity index (χ1v) is 8.38. The molecule has 0 bridgehead atoms. The Morgan fingerprint density at radius 2 is 1.96 bits per heavy atom. The van der Waals surface area contributed by atoms with E-state index in [9.17, 15) is 18.0 Å². The van der Waals surface area contributed by atoms with E-state index in [2.05, 4.69) is 5.43 Å². The summed E-state index contributed by atoms with van der Waals surface area (Å²) in [4.78, 5) is 11.5. The van der Waals surface area contributed by atoms with E-state index >= 15 is 0 Å². The second-order valence-electron chi connectivity index (χ2n) is 6.79. The van der Waals surface area contributed by atoms with Crippen LogP contribution < -0.4 is 5.43 Å². The van der Waals surface area contributed by atoms with Gasteiger partial charge in [0.25, 0.3) is 0 Å². The molecule has 0 aromatic heterocycles. The van der Waals surface area contributed by atoms with E-state index in [1.807, 2.05) is 18.2 Å². The Labute approximate surface area is 145 Å². The van der Waals surface area contributed by atoms with Crippen molar-refractivity contribution in [3.63, 3.8) is 0 Å². The second kappa shape index (κ2) is 7.31. The van der Waals surface area contributed by atoms with E-state index in [0.717, 1.165) is 10.6 Å². The van der Waals surface area contributed by atoms with Crippen molar-refractivity contribution >= 4 is 17.5 Å². The molecule has 7 heteroatoms. The smallest absolute Gasteiger partial charge is 0.288 e. The first-order valence-electron chi connectivity index (χ1n) is 8.00. The fourth-order valence-electron chi connectivity index (χ4n) is 3.10. The van der Waals surface area contributed by atoms with Crippen LogP contribution in [0.3, 0.4) is 0 Å². The molecule has 1 fully saturated rings. The highest BCUT2D eigenvalue weighted by molar-refractivity contribution is 6.31. The summed E-state index contributed by atoms with van der Waals surface area (Å²) in [6, 6.07) is 5.67. The van der Waals surface area contributed by atoms with Gasteiger partial charge in [0, 0.05) is 17.0 Å². The Hall–Kier alpha value is -1.27. The minimum absolute atomic E-state index is 0.0579. The molecular weight excluding hydrogens is 341 g/mol. The molecule has 134 valence electrons. The number of carbonyl (C=O) groups excluding carboxylic acids is 1. The highest BCUT2D eigenvalue weighted by Crippen LogP contribution is 2.35. The highest BCUT2D eigenvalue weighted by Gasteiger charge is 2.51. The number of carbonyl (C=O) groups is 1. The number of aryl methyl sites for hydroxylation is 1. The van der Waals surface area contributed by atoms with Gasteiger partial charge in [-0.1, -0.05) is 36.2 Å². The van der Waals surface area contributed by atoms with Crippen molar-refractivity contribution in [2.24, 2.45) is 0 Å². The average molecular weight is 363 g/mol. The van der Waals surface area contributed by atoms with Crippen LogP contribution in [0.25, 0.3) is 0 Å². The molecule has 1 unspecified atom stereocenters. The summed E-state index contributed by atoms with van der Waals surface area (Å²) < 4.78 is 40.3. The van der Waals surface area contributed by atoms with Crippen LogP contribution in [0.2, 0.25) is 5.02 Å². The summed E-state index contributed by atoms with van der Waals surface area (Å²) in [7, 11) is 0. The number of unbranched alkanes of at least 4 members (excludes halogenated alkanes) is 1. The van der Waals surface area contributed by atoms with Crippen molar-refractivity contribution in [3.8, 4) is 0 Å². The third kappa shape index (κ3) is 4.63. The quantitative estimate of drug-likeness (QED) is 0.756. The van der Waals surface area contributed by atoms with Gasteiger partial charge in [-0.05, 0) is 44.7 Å². The predicted octanol–water partition coefficient (Wildman–Crippen LogP) is 4.50. The normalized spacial score (nSPS) is 19.3. The number of hydrogen-bond acceptors (Lipinski definition) is 2. The molecule has 1 amide bonds. The molecule has 1 aliphatic rings. The van der Waals surface area contributed by atoms with Crippen LogP contribution in [0.5, 0.6) is 0 Å². The zero-order valence-electron chi connectivity index (χ0n) is 13.8. The Bertz CT molecular complexity index is 589. The SMILES string of the molecule is CC1(C)CC(=O)NN1C(CCCCc1ccccc1Cl)C(F)(F)F. The number of rotatable bonds is 6. The third-order valence-electron chi connectivity index (χ3n) is 4.31. The molecular formula is C17H22ClF3N2O. The van der Waals surface area contributed by atoms with Crippen molar-refractivity contribution in [2.45, 2.75) is 63.7 Å². The average Bonchev–Trinajstić information content (AvgIpc) is 2.72. The molecule has 1 heterocycles. The molecule has 1 N–H and O–H groups in total. The molecule has 1 aromatic carbocycles. The maximum atomic E-state index is 13.4. The van der Waals surface area contributed by atoms with E-state index < -0.39 is 17.8 Å². The lowest BCUT2D eigenvalue weighted by atomic mass is 9.97. The van der Waals surface area contributed by atoms with Crippen molar-refractivity contribution in [1.29, 1.82) is 0 Å². The number of benzene rings is 1. The molecule has 0 saturated carbocycles. The monoisotopic (exact) mass is 362 g/mol. The summed E-state index contributed by atoms with van der Waals surface area (Å²) in [5.41, 5.74) is 2.47. The van der Waals surface area contributed by atoms with E-state index in [1.54, 1.807) is 19.9 Å². The minimum atomic E-state index is -4.39. The zero-order chi connectivity index (χ0) is 18.0. The van der Waals surface area contributed by atoms with Crippen molar-refractivity contribution in [3.05, 3.63) is 34.9 Å². The number of hydrazine groups is 1. The van der Waals surface area contributed by atoms with Gasteiger partial charge in [0.2, 0.25) is 5.91 Å². The standard InChI is InChI=1S/C17H22ClF3N2O/c1-16(2)11-15(24)22-23(16)14(17(19,20)21)10-6-4-8-12-7-3-5-9-13(12)18/h3,5,7,9,14H,4,6,8,10-11H2,1-2H3,(H,22,24). The summed E-state index contributed by atoms with van der Waals surface area (Å²) in [5, 5.41) is 1.71. The Morgan fingerprint density at radius 3 is 2.50 bits per heavy atom. The minimum Gasteiger partial charge on any atom is -0.288 e. The third-order valence-corrected chi connectivity index (χ3v) is 4.68. The van der Waals surface area contributed by atoms with Gasteiger partial charge in [-0.15, -0.1) is 0 Å². The maximum absolute atomic E-state index is 13.4. The Balaban J connectivity index is 1.96. The molecule has 0 radical (unpaired) electrons. The number of amides is 1. The fraction of sp³-hybridized carbons (Fsp3) is 0.588. The fourth-order valence-corrected chi connectivity index (χ4v) is 3.33. The Kier molecular flexibility index (Phi) is 5.81. The van der Waals surface area contributed by atoms with Crippen LogP contribution in [0.4, 0.5) is 13.2 Å². The number of nitrogens with zero attached hydrogens (tertiary/aromatic N) is 1. The Morgan fingerprint density at radius 1 is 1.29 bits per heavy atom. The van der Waals surface area contributed by atoms with Crippen molar-refractivity contribution in [2.75, 3.05) is 0 Å². The lowest BCUT2D eigenvalue weighted by molar-refractivity contribution is -0.202. The topological polar surface area (TPSA) is 32.3 Å². The first kappa shape index (κ1) is 19.1. The van der Waals surface area contributed by atoms with E-state index in [-0.39, 0.29) is 18.7 Å². The lowest BCUT2D eigenvalue weighted by Gasteiger charge is -2.37. The van der Waals surface area contributed by atoms with Gasteiger partial charge in [-0.25, -0.2) is 5.01 Å². The molecule has 2 rings (SSSR count). The van der Waals surface area contributed by atoms with Crippen LogP contribution >= 0.6 is 11.6 Å². The van der Waals surface area contributed by atoms with Crippen LogP contribution in [0.1, 0.15) is 45.1 Å². The number of halogens is 4. The number of nitrogens with one attached hydrogen (secondary N) is 1. The van der Waals surface area contributed by atoms with Gasteiger partial charge in [-0.2, -0.15) is 13.2 Å². The molecule has 1 aromatic rings. The largest absolute Gasteiger partial charge is 0.405 e. The molecule has 3 nitrogen and oxygen atoms in total. The van der Waals surface area contributed by atoms with E-state index in [0.29, 0.717) is 24.3 Å². The van der Waals surface area contributed by atoms with Gasteiger partial charge in [0.15, 0.2) is 0 Å². The molecule has 1 atom stereocenters. The van der Waals surface area contributed by atoms with Gasteiger partial charge < -0.3 is 0 Å². The van der Waals surface area contributed by atoms with Gasteiger partial charge >= 0.3 is 6.18 Å². The first-order chi connectivity index (χ1) is 11.1. The summed E-state index contributed by atoms with van der Waals surface area (Å²) >= 11 is 6.06. The lowest BCUT2D eigenvalue weighted by Crippen LogP contribution is -2.56. The van der Waals surface area contributed by atoms with Gasteiger partial charge in [0.1, 0.15) is 6.04 Å². The van der Waals surface area contributed by atoms with Crippen LogP contribution in [-0.4, -0.2) is 28.7 Å². The van der Waals surface area contributed by atoms with Crippen molar-refractivity contribution < 1.29 is 18.0 Å². The van der Waals surface area contributed by atoms with Crippen LogP contribution in [-0.2, 0) is 11.2 Å². The van der Waals surface area contributed by atoms with Crippen LogP contribution in [0, 0.1) is 0 Å². The highest BCUT2D eigenvalue weighted by atomic mass is 35.5. The summed E-state index contributed by atoms with van der Waals surface area (Å²) in [5.74, 6) is -0.370. The second-order valence-corrected chi connectivity index (χ2v) is 7.20. The maximum Gasteiger partial charge on any atom is 0.405 e. The number of hydrogen-bond donors (Lipinski definition) is 1. The number of alkyl halides is 3. The van der Waals surface area contributed by atoms with E-state index in [4.69, 9.17) is 11.6 Å². The van der Waals surface area contributed by atoms with Gasteiger partial charge in [-0.3, -0.25) is 10.2 Å². The molecule has 0 aliphatic carbocycles. The zero-order valence-corrected chi connectivity index (χ0v) is 14.5. The van der Waals surface area contributed by atoms with Crippen LogP contribution in [0.15, 0.2) is 24.3 Å². The summed E-state index contributed by atoms with van der Waals surface area (Å²) in [6.07, 6.45) is -2.73. The molecule has 1 saturated heterocycles. The predicted molar refractivity (Wildman–Crippen MR) is 87.5 cm³/mol. The summed E-state index contributed by atoms with van der Waals surface area (Å²) in [6.45, 7) is 3.29. The molecule has 1 aliphatic heterocycles.